The Morgan fingerprint density at radius 2 is 2.06 bits per heavy atom. The number of hydrogen-bond acceptors (Lipinski definition) is 3. The number of esters is 1. The number of halogens is 1. The monoisotopic (exact) mass is 251 g/mol. The maximum atomic E-state index is 11.8. The van der Waals surface area contributed by atoms with Crippen LogP contribution >= 0.6 is 11.6 Å². The normalized spacial score (nSPS) is 10.5. The fourth-order valence-corrected chi connectivity index (χ4v) is 1.96. The number of rotatable bonds is 2. The quantitative estimate of drug-likeness (QED) is 0.507. The number of H-pyrrole nitrogens is 1. The van der Waals surface area contributed by atoms with Crippen LogP contribution < -0.4 is 0 Å². The van der Waals surface area contributed by atoms with Crippen LogP contribution in [0, 0.1) is 6.92 Å². The fourth-order valence-electron chi connectivity index (χ4n) is 1.79. The SMILES string of the molecule is COC(=O)C(=O)c1c(C)[nH]c2ccc(Cl)cc12. The number of nitrogens with one attached hydrogen (secondary N) is 1. The molecule has 1 aromatic heterocycles. The van der Waals surface area contributed by atoms with Crippen LogP contribution in [0.2, 0.25) is 5.02 Å². The van der Waals surface area contributed by atoms with Crippen molar-refractivity contribution in [3.05, 3.63) is 34.5 Å². The van der Waals surface area contributed by atoms with Gasteiger partial charge in [0.2, 0.25) is 0 Å². The summed E-state index contributed by atoms with van der Waals surface area (Å²) in [6.07, 6.45) is 0. The number of ketones is 1. The standard InChI is InChI=1S/C12H10ClNO3/c1-6-10(11(15)12(16)17-2)8-5-7(13)3-4-9(8)14-6/h3-5,14H,1-2H3. The zero-order chi connectivity index (χ0) is 12.6. The molecule has 5 heteroatoms. The highest BCUT2D eigenvalue weighted by Gasteiger charge is 2.23. The molecule has 1 N–H and O–H groups in total. The maximum absolute atomic E-state index is 11.8. The van der Waals surface area contributed by atoms with Gasteiger partial charge in [-0.3, -0.25) is 4.79 Å². The predicted octanol–water partition coefficient (Wildman–Crippen LogP) is 2.49. The first-order valence-electron chi connectivity index (χ1n) is 4.95. The van der Waals surface area contributed by atoms with E-state index in [-0.39, 0.29) is 0 Å². The van der Waals surface area contributed by atoms with Crippen LogP contribution in [0.1, 0.15) is 16.1 Å². The Morgan fingerprint density at radius 3 is 2.71 bits per heavy atom. The summed E-state index contributed by atoms with van der Waals surface area (Å²) in [7, 11) is 1.18. The Bertz CT molecular complexity index is 615. The van der Waals surface area contributed by atoms with Crippen molar-refractivity contribution in [2.75, 3.05) is 7.11 Å². The number of ether oxygens (including phenoxy) is 1. The van der Waals surface area contributed by atoms with Gasteiger partial charge in [-0.15, -0.1) is 0 Å². The van der Waals surface area contributed by atoms with Crippen LogP contribution in [0.5, 0.6) is 0 Å². The van der Waals surface area contributed by atoms with Crippen LogP contribution in [0.4, 0.5) is 0 Å². The molecule has 2 rings (SSSR count). The Hall–Kier alpha value is -1.81. The molecular formula is C12H10ClNO3. The summed E-state index contributed by atoms with van der Waals surface area (Å²) in [6, 6.07) is 5.13. The topological polar surface area (TPSA) is 59.2 Å². The highest BCUT2D eigenvalue weighted by atomic mass is 35.5. The summed E-state index contributed by atoms with van der Waals surface area (Å²) in [6.45, 7) is 1.73. The van der Waals surface area contributed by atoms with Gasteiger partial charge in [0.05, 0.1) is 12.7 Å². The first-order valence-corrected chi connectivity index (χ1v) is 5.33. The van der Waals surface area contributed by atoms with Gasteiger partial charge >= 0.3 is 5.97 Å². The molecule has 17 heavy (non-hydrogen) atoms. The number of hydrogen-bond donors (Lipinski definition) is 1. The van der Waals surface area contributed by atoms with Crippen molar-refractivity contribution in [2.24, 2.45) is 0 Å². The molecule has 1 heterocycles. The van der Waals surface area contributed by atoms with Gasteiger partial charge in [0.25, 0.3) is 5.78 Å². The number of aromatic amines is 1. The first-order chi connectivity index (χ1) is 8.04. The number of carbonyl (C=O) groups excluding carboxylic acids is 2. The molecule has 0 saturated carbocycles. The van der Waals surface area contributed by atoms with Crippen LogP contribution in [0.25, 0.3) is 10.9 Å². The van der Waals surface area contributed by atoms with E-state index in [0.29, 0.717) is 21.7 Å². The third-order valence-electron chi connectivity index (χ3n) is 2.55. The molecule has 0 aliphatic carbocycles. The third kappa shape index (κ3) is 1.91. The Kier molecular flexibility index (Phi) is 2.90. The maximum Gasteiger partial charge on any atom is 0.379 e. The number of benzene rings is 1. The summed E-state index contributed by atoms with van der Waals surface area (Å²) < 4.78 is 4.43. The third-order valence-corrected chi connectivity index (χ3v) is 2.78. The van der Waals surface area contributed by atoms with E-state index in [9.17, 15) is 9.59 Å². The Labute approximate surface area is 103 Å². The Balaban J connectivity index is 2.67. The van der Waals surface area contributed by atoms with Crippen molar-refractivity contribution in [3.8, 4) is 0 Å². The van der Waals surface area contributed by atoms with Gasteiger partial charge in [-0.1, -0.05) is 11.6 Å². The minimum Gasteiger partial charge on any atom is -0.463 e. The minimum atomic E-state index is -0.881. The van der Waals surface area contributed by atoms with Crippen LogP contribution in [-0.2, 0) is 9.53 Å². The molecule has 0 radical (unpaired) electrons. The number of aromatic nitrogens is 1. The highest BCUT2D eigenvalue weighted by molar-refractivity contribution is 6.43. The molecule has 0 bridgehead atoms. The smallest absolute Gasteiger partial charge is 0.379 e. The molecule has 0 spiro atoms. The van der Waals surface area contributed by atoms with E-state index in [2.05, 4.69) is 9.72 Å². The summed E-state index contributed by atoms with van der Waals surface area (Å²) in [5, 5.41) is 1.14. The van der Waals surface area contributed by atoms with Crippen molar-refractivity contribution in [1.29, 1.82) is 0 Å². The van der Waals surface area contributed by atoms with E-state index in [4.69, 9.17) is 11.6 Å². The van der Waals surface area contributed by atoms with E-state index in [0.717, 1.165) is 5.52 Å². The van der Waals surface area contributed by atoms with E-state index in [1.165, 1.54) is 7.11 Å². The van der Waals surface area contributed by atoms with Crippen molar-refractivity contribution in [2.45, 2.75) is 6.92 Å². The van der Waals surface area contributed by atoms with Crippen molar-refractivity contribution >= 4 is 34.3 Å². The largest absolute Gasteiger partial charge is 0.463 e. The zero-order valence-electron chi connectivity index (χ0n) is 9.33. The second kappa shape index (κ2) is 4.22. The number of methoxy groups -OCH3 is 1. The predicted molar refractivity (Wildman–Crippen MR) is 64.4 cm³/mol. The van der Waals surface area contributed by atoms with E-state index < -0.39 is 11.8 Å². The second-order valence-electron chi connectivity index (χ2n) is 3.64. The van der Waals surface area contributed by atoms with Gasteiger partial charge in [-0.05, 0) is 25.1 Å². The van der Waals surface area contributed by atoms with E-state index in [1.807, 2.05) is 0 Å². The molecule has 0 amide bonds. The fraction of sp³-hybridized carbons (Fsp3) is 0.167. The van der Waals surface area contributed by atoms with Crippen molar-refractivity contribution in [3.63, 3.8) is 0 Å². The van der Waals surface area contributed by atoms with Gasteiger partial charge < -0.3 is 9.72 Å². The lowest BCUT2D eigenvalue weighted by Gasteiger charge is -1.99. The summed E-state index contributed by atoms with van der Waals surface area (Å²) >= 11 is 5.88. The molecule has 0 saturated heterocycles. The minimum absolute atomic E-state index is 0.314. The number of aryl methyl sites for hydroxylation is 1. The van der Waals surface area contributed by atoms with Crippen LogP contribution in [0.15, 0.2) is 18.2 Å². The molecular weight excluding hydrogens is 242 g/mol. The first kappa shape index (κ1) is 11.7. The molecule has 0 aliphatic heterocycles. The highest BCUT2D eigenvalue weighted by Crippen LogP contribution is 2.25. The molecule has 0 unspecified atom stereocenters. The van der Waals surface area contributed by atoms with E-state index >= 15 is 0 Å². The number of Topliss-reactive ketones (excluding diaryl/α,β-unsaturated/α-hetero) is 1. The molecule has 2 aromatic rings. The van der Waals surface area contributed by atoms with Gasteiger partial charge in [-0.25, -0.2) is 4.79 Å². The summed E-state index contributed by atoms with van der Waals surface area (Å²) in [4.78, 5) is 26.1. The molecule has 0 fully saturated rings. The molecule has 0 atom stereocenters. The van der Waals surface area contributed by atoms with Crippen molar-refractivity contribution < 1.29 is 14.3 Å². The molecule has 1 aromatic carbocycles. The van der Waals surface area contributed by atoms with Gasteiger partial charge in [-0.2, -0.15) is 0 Å². The number of carbonyl (C=O) groups is 2. The zero-order valence-corrected chi connectivity index (χ0v) is 10.1. The average Bonchev–Trinajstić information content (AvgIpc) is 2.62. The van der Waals surface area contributed by atoms with Gasteiger partial charge in [0, 0.05) is 21.6 Å². The lowest BCUT2D eigenvalue weighted by atomic mass is 10.1. The van der Waals surface area contributed by atoms with E-state index in [1.54, 1.807) is 25.1 Å². The lowest BCUT2D eigenvalue weighted by Crippen LogP contribution is -2.16. The Morgan fingerprint density at radius 1 is 1.35 bits per heavy atom. The van der Waals surface area contributed by atoms with Crippen LogP contribution in [-0.4, -0.2) is 23.8 Å². The van der Waals surface area contributed by atoms with Gasteiger partial charge in [0.15, 0.2) is 0 Å². The summed E-state index contributed by atoms with van der Waals surface area (Å²) in [5.41, 5.74) is 1.70. The molecule has 0 aliphatic rings. The second-order valence-corrected chi connectivity index (χ2v) is 4.07. The lowest BCUT2D eigenvalue weighted by molar-refractivity contribution is -0.135. The average molecular weight is 252 g/mol. The number of fused-ring (bicyclic) bond motifs is 1. The summed E-state index contributed by atoms with van der Waals surface area (Å²) in [5.74, 6) is -1.55. The van der Waals surface area contributed by atoms with Gasteiger partial charge in [0.1, 0.15) is 0 Å². The van der Waals surface area contributed by atoms with Crippen LogP contribution in [0.3, 0.4) is 0 Å². The molecule has 4 nitrogen and oxygen atoms in total. The van der Waals surface area contributed by atoms with Crippen molar-refractivity contribution in [1.82, 2.24) is 4.98 Å². The molecule has 88 valence electrons.